The van der Waals surface area contributed by atoms with Crippen LogP contribution in [0.5, 0.6) is 0 Å². The normalized spacial score (nSPS) is 20.6. The summed E-state index contributed by atoms with van der Waals surface area (Å²) in [7, 11) is 0. The molecule has 0 radical (unpaired) electrons. The van der Waals surface area contributed by atoms with Gasteiger partial charge in [-0.15, -0.1) is 0 Å². The third-order valence-corrected chi connectivity index (χ3v) is 2.35. The molecule has 2 nitrogen and oxygen atoms in total. The Hall–Kier alpha value is -1.57. The summed E-state index contributed by atoms with van der Waals surface area (Å²) in [5, 5.41) is 0. The number of benzene rings is 1. The molecule has 0 saturated heterocycles. The third kappa shape index (κ3) is 2.02. The van der Waals surface area contributed by atoms with Gasteiger partial charge in [0.2, 0.25) is 0 Å². The lowest BCUT2D eigenvalue weighted by Crippen LogP contribution is -2.23. The van der Waals surface area contributed by atoms with Crippen LogP contribution < -0.4 is 0 Å². The highest BCUT2D eigenvalue weighted by Crippen LogP contribution is 2.13. The number of allylic oxidation sites excluding steroid dienone is 1. The smallest absolute Gasteiger partial charge is 0.165 e. The summed E-state index contributed by atoms with van der Waals surface area (Å²) in [4.78, 5) is 11.4. The molecule has 14 heavy (non-hydrogen) atoms. The van der Waals surface area contributed by atoms with Crippen LogP contribution in [0.3, 0.4) is 0 Å². The lowest BCUT2D eigenvalue weighted by Gasteiger charge is -2.16. The van der Waals surface area contributed by atoms with E-state index in [1.165, 1.54) is 17.9 Å². The Labute approximate surface area is 83.2 Å². The standard InChI is InChI=1S/C12H12O2/c13-12-6-7-14-9-11(12)8-10-4-2-1-3-5-10/h1-7,11H,8-9H2/t11-/m0/s1. The first-order chi connectivity index (χ1) is 6.86. The minimum Gasteiger partial charge on any atom is -0.500 e. The highest BCUT2D eigenvalue weighted by atomic mass is 16.5. The lowest BCUT2D eigenvalue weighted by molar-refractivity contribution is -0.120. The van der Waals surface area contributed by atoms with Crippen LogP contribution in [0.25, 0.3) is 0 Å². The van der Waals surface area contributed by atoms with Crippen molar-refractivity contribution in [2.45, 2.75) is 6.42 Å². The van der Waals surface area contributed by atoms with Gasteiger partial charge in [-0.3, -0.25) is 4.79 Å². The lowest BCUT2D eigenvalue weighted by atomic mass is 9.95. The Balaban J connectivity index is 2.04. The van der Waals surface area contributed by atoms with Gasteiger partial charge in [-0.05, 0) is 12.0 Å². The summed E-state index contributed by atoms with van der Waals surface area (Å²) < 4.78 is 5.12. The van der Waals surface area contributed by atoms with E-state index in [-0.39, 0.29) is 11.7 Å². The number of rotatable bonds is 2. The van der Waals surface area contributed by atoms with Crippen molar-refractivity contribution < 1.29 is 9.53 Å². The van der Waals surface area contributed by atoms with Gasteiger partial charge in [-0.2, -0.15) is 0 Å². The van der Waals surface area contributed by atoms with Crippen LogP contribution in [-0.2, 0) is 16.0 Å². The maximum Gasteiger partial charge on any atom is 0.165 e. The fraction of sp³-hybridized carbons (Fsp3) is 0.250. The zero-order valence-electron chi connectivity index (χ0n) is 7.85. The molecule has 72 valence electrons. The van der Waals surface area contributed by atoms with Crippen LogP contribution in [0, 0.1) is 5.92 Å². The molecule has 0 bridgehead atoms. The molecule has 0 aliphatic carbocycles. The van der Waals surface area contributed by atoms with Crippen LogP contribution in [-0.4, -0.2) is 12.4 Å². The van der Waals surface area contributed by atoms with Crippen molar-refractivity contribution in [2.75, 3.05) is 6.61 Å². The minimum atomic E-state index is -0.0117. The zero-order chi connectivity index (χ0) is 9.80. The first kappa shape index (κ1) is 9.00. The number of hydrogen-bond acceptors (Lipinski definition) is 2. The third-order valence-electron chi connectivity index (χ3n) is 2.35. The molecular weight excluding hydrogens is 176 g/mol. The van der Waals surface area contributed by atoms with E-state index in [4.69, 9.17) is 4.74 Å². The SMILES string of the molecule is O=C1C=COC[C@@H]1Cc1ccccc1. The van der Waals surface area contributed by atoms with E-state index in [0.29, 0.717) is 6.61 Å². The number of ketones is 1. The number of carbonyl (C=O) groups excluding carboxylic acids is 1. The van der Waals surface area contributed by atoms with Gasteiger partial charge in [0.1, 0.15) is 0 Å². The van der Waals surface area contributed by atoms with E-state index in [2.05, 4.69) is 0 Å². The zero-order valence-corrected chi connectivity index (χ0v) is 7.85. The van der Waals surface area contributed by atoms with Gasteiger partial charge in [0.25, 0.3) is 0 Å². The molecule has 0 aromatic heterocycles. The Bertz CT molecular complexity index is 341. The van der Waals surface area contributed by atoms with Crippen molar-refractivity contribution in [3.05, 3.63) is 48.2 Å². The van der Waals surface area contributed by atoms with E-state index in [9.17, 15) is 4.79 Å². The second kappa shape index (κ2) is 4.09. The molecule has 2 rings (SSSR count). The molecule has 2 heteroatoms. The van der Waals surface area contributed by atoms with Crippen molar-refractivity contribution in [1.29, 1.82) is 0 Å². The number of carbonyl (C=O) groups is 1. The predicted octanol–water partition coefficient (Wildman–Crippen LogP) is 1.96. The molecule has 0 amide bonds. The van der Waals surface area contributed by atoms with Gasteiger partial charge in [-0.1, -0.05) is 30.3 Å². The maximum absolute atomic E-state index is 11.4. The molecule has 1 aliphatic rings. The van der Waals surface area contributed by atoms with Gasteiger partial charge >= 0.3 is 0 Å². The average molecular weight is 188 g/mol. The monoisotopic (exact) mass is 188 g/mol. The number of ether oxygens (including phenoxy) is 1. The van der Waals surface area contributed by atoms with Crippen LogP contribution >= 0.6 is 0 Å². The highest BCUT2D eigenvalue weighted by Gasteiger charge is 2.19. The van der Waals surface area contributed by atoms with Crippen molar-refractivity contribution in [3.8, 4) is 0 Å². The summed E-state index contributed by atoms with van der Waals surface area (Å²) in [5.74, 6) is 0.155. The quantitative estimate of drug-likeness (QED) is 0.709. The van der Waals surface area contributed by atoms with E-state index in [1.807, 2.05) is 30.3 Å². The van der Waals surface area contributed by atoms with Crippen LogP contribution in [0.2, 0.25) is 0 Å². The van der Waals surface area contributed by atoms with Crippen molar-refractivity contribution in [3.63, 3.8) is 0 Å². The molecule has 0 spiro atoms. The van der Waals surface area contributed by atoms with E-state index < -0.39 is 0 Å². The minimum absolute atomic E-state index is 0.0117. The molecule has 1 aromatic carbocycles. The molecule has 1 heterocycles. The summed E-state index contributed by atoms with van der Waals surface area (Å²) >= 11 is 0. The molecule has 0 unspecified atom stereocenters. The van der Waals surface area contributed by atoms with Gasteiger partial charge in [-0.25, -0.2) is 0 Å². The van der Waals surface area contributed by atoms with Crippen LogP contribution in [0.4, 0.5) is 0 Å². The molecule has 0 saturated carbocycles. The van der Waals surface area contributed by atoms with Gasteiger partial charge in [0, 0.05) is 6.08 Å². The van der Waals surface area contributed by atoms with E-state index >= 15 is 0 Å². The van der Waals surface area contributed by atoms with Crippen molar-refractivity contribution in [1.82, 2.24) is 0 Å². The van der Waals surface area contributed by atoms with E-state index in [1.54, 1.807) is 0 Å². The largest absolute Gasteiger partial charge is 0.500 e. The molecule has 1 aromatic rings. The van der Waals surface area contributed by atoms with E-state index in [0.717, 1.165) is 6.42 Å². The fourth-order valence-corrected chi connectivity index (χ4v) is 1.56. The Morgan fingerprint density at radius 2 is 2.07 bits per heavy atom. The average Bonchev–Trinajstić information content (AvgIpc) is 2.23. The Kier molecular flexibility index (Phi) is 2.63. The Morgan fingerprint density at radius 3 is 2.79 bits per heavy atom. The first-order valence-electron chi connectivity index (χ1n) is 4.72. The topological polar surface area (TPSA) is 26.3 Å². The Morgan fingerprint density at radius 1 is 1.29 bits per heavy atom. The second-order valence-electron chi connectivity index (χ2n) is 3.43. The maximum atomic E-state index is 11.4. The van der Waals surface area contributed by atoms with Crippen LogP contribution in [0.1, 0.15) is 5.56 Å². The summed E-state index contributed by atoms with van der Waals surface area (Å²) in [6, 6.07) is 10.0. The van der Waals surface area contributed by atoms with Crippen LogP contribution in [0.15, 0.2) is 42.7 Å². The molecular formula is C12H12O2. The summed E-state index contributed by atoms with van der Waals surface area (Å²) in [6.45, 7) is 0.504. The first-order valence-corrected chi connectivity index (χ1v) is 4.72. The molecule has 1 atom stereocenters. The van der Waals surface area contributed by atoms with Gasteiger partial charge in [0.05, 0.1) is 18.8 Å². The highest BCUT2D eigenvalue weighted by molar-refractivity contribution is 5.92. The summed E-state index contributed by atoms with van der Waals surface area (Å²) in [6.07, 6.45) is 3.75. The molecule has 1 aliphatic heterocycles. The number of hydrogen-bond donors (Lipinski definition) is 0. The fourth-order valence-electron chi connectivity index (χ4n) is 1.56. The second-order valence-corrected chi connectivity index (χ2v) is 3.43. The molecule has 0 fully saturated rings. The van der Waals surface area contributed by atoms with Crippen molar-refractivity contribution in [2.24, 2.45) is 5.92 Å². The van der Waals surface area contributed by atoms with Gasteiger partial charge in [0.15, 0.2) is 5.78 Å². The summed E-state index contributed by atoms with van der Waals surface area (Å²) in [5.41, 5.74) is 1.18. The predicted molar refractivity (Wildman–Crippen MR) is 53.7 cm³/mol. The van der Waals surface area contributed by atoms with Crippen molar-refractivity contribution >= 4 is 5.78 Å². The van der Waals surface area contributed by atoms with Gasteiger partial charge < -0.3 is 4.74 Å². The molecule has 0 N–H and O–H groups in total.